The molecule has 1 atom stereocenters. The van der Waals surface area contributed by atoms with E-state index in [1.165, 1.54) is 16.9 Å². The van der Waals surface area contributed by atoms with Crippen LogP contribution in [0.25, 0.3) is 21.3 Å². The number of imidazole rings is 1. The fraction of sp³-hybridized carbons (Fsp3) is 0.278. The van der Waals surface area contributed by atoms with Gasteiger partial charge in [0.1, 0.15) is 17.0 Å². The SMILES string of the molecule is C[C@H]1CCc2c(sc3ncnc(Nc4ccc5[nH]c(=O)[nH]c5c4)c23)C1. The van der Waals surface area contributed by atoms with Gasteiger partial charge in [-0.05, 0) is 48.9 Å². The van der Waals surface area contributed by atoms with Gasteiger partial charge in [0.15, 0.2) is 0 Å². The molecule has 0 fully saturated rings. The average Bonchev–Trinajstić information content (AvgIpc) is 3.13. The van der Waals surface area contributed by atoms with Gasteiger partial charge in [-0.3, -0.25) is 0 Å². The van der Waals surface area contributed by atoms with E-state index >= 15 is 0 Å². The van der Waals surface area contributed by atoms with Crippen molar-refractivity contribution in [2.75, 3.05) is 5.32 Å². The summed E-state index contributed by atoms with van der Waals surface area (Å²) in [6.07, 6.45) is 5.05. The minimum Gasteiger partial charge on any atom is -0.340 e. The third-order valence-electron chi connectivity index (χ3n) is 4.87. The van der Waals surface area contributed by atoms with Crippen molar-refractivity contribution in [3.8, 4) is 0 Å². The van der Waals surface area contributed by atoms with Gasteiger partial charge in [0, 0.05) is 10.6 Å². The van der Waals surface area contributed by atoms with Crippen molar-refractivity contribution in [3.63, 3.8) is 0 Å². The Kier molecular flexibility index (Phi) is 3.18. The lowest BCUT2D eigenvalue weighted by atomic mass is 9.89. The van der Waals surface area contributed by atoms with Crippen LogP contribution < -0.4 is 11.0 Å². The molecule has 5 rings (SSSR count). The number of benzene rings is 1. The molecule has 0 amide bonds. The Morgan fingerprint density at radius 3 is 3.04 bits per heavy atom. The molecular weight excluding hydrogens is 334 g/mol. The molecule has 0 saturated heterocycles. The van der Waals surface area contributed by atoms with E-state index in [0.29, 0.717) is 0 Å². The zero-order valence-corrected chi connectivity index (χ0v) is 14.5. The highest BCUT2D eigenvalue weighted by molar-refractivity contribution is 7.19. The Balaban J connectivity index is 1.60. The van der Waals surface area contributed by atoms with E-state index < -0.39 is 0 Å². The fourth-order valence-corrected chi connectivity index (χ4v) is 4.97. The Hall–Kier alpha value is -2.67. The second kappa shape index (κ2) is 5.42. The minimum atomic E-state index is -0.197. The maximum absolute atomic E-state index is 11.4. The van der Waals surface area contributed by atoms with Crippen LogP contribution in [0.15, 0.2) is 29.3 Å². The molecule has 7 heteroatoms. The van der Waals surface area contributed by atoms with Crippen LogP contribution in [0.2, 0.25) is 0 Å². The third-order valence-corrected chi connectivity index (χ3v) is 6.03. The summed E-state index contributed by atoms with van der Waals surface area (Å²) in [7, 11) is 0. The van der Waals surface area contributed by atoms with E-state index in [-0.39, 0.29) is 5.69 Å². The van der Waals surface area contributed by atoms with Crippen molar-refractivity contribution in [3.05, 3.63) is 45.5 Å². The van der Waals surface area contributed by atoms with Gasteiger partial charge in [-0.25, -0.2) is 14.8 Å². The molecule has 0 bridgehead atoms. The second-order valence-electron chi connectivity index (χ2n) is 6.72. The first kappa shape index (κ1) is 14.7. The summed E-state index contributed by atoms with van der Waals surface area (Å²) < 4.78 is 0. The molecule has 0 radical (unpaired) electrons. The molecule has 1 aliphatic carbocycles. The summed E-state index contributed by atoms with van der Waals surface area (Å²) in [5, 5.41) is 4.57. The number of rotatable bonds is 2. The van der Waals surface area contributed by atoms with Crippen LogP contribution in [-0.2, 0) is 12.8 Å². The van der Waals surface area contributed by atoms with E-state index in [9.17, 15) is 4.79 Å². The first-order valence-electron chi connectivity index (χ1n) is 8.41. The quantitative estimate of drug-likeness (QED) is 0.513. The summed E-state index contributed by atoms with van der Waals surface area (Å²) >= 11 is 1.79. The van der Waals surface area contributed by atoms with Crippen LogP contribution in [0.3, 0.4) is 0 Å². The van der Waals surface area contributed by atoms with E-state index in [1.54, 1.807) is 17.7 Å². The number of thiophene rings is 1. The maximum Gasteiger partial charge on any atom is 0.323 e. The normalized spacial score (nSPS) is 17.1. The Morgan fingerprint density at radius 1 is 1.24 bits per heavy atom. The van der Waals surface area contributed by atoms with Crippen LogP contribution in [-0.4, -0.2) is 19.9 Å². The molecule has 1 aliphatic rings. The largest absolute Gasteiger partial charge is 0.340 e. The molecule has 0 aliphatic heterocycles. The van der Waals surface area contributed by atoms with Gasteiger partial charge in [-0.1, -0.05) is 6.92 Å². The van der Waals surface area contributed by atoms with Crippen molar-refractivity contribution in [1.29, 1.82) is 0 Å². The predicted octanol–water partition coefficient (Wildman–Crippen LogP) is 3.73. The van der Waals surface area contributed by atoms with E-state index in [0.717, 1.165) is 51.5 Å². The van der Waals surface area contributed by atoms with Crippen LogP contribution in [0.1, 0.15) is 23.8 Å². The van der Waals surface area contributed by atoms with E-state index in [1.807, 2.05) is 18.2 Å². The molecule has 4 aromatic rings. The Labute approximate surface area is 147 Å². The lowest BCUT2D eigenvalue weighted by Gasteiger charge is -2.18. The van der Waals surface area contributed by atoms with Crippen molar-refractivity contribution in [1.82, 2.24) is 19.9 Å². The van der Waals surface area contributed by atoms with Gasteiger partial charge in [-0.15, -0.1) is 11.3 Å². The molecule has 0 spiro atoms. The van der Waals surface area contributed by atoms with Gasteiger partial charge < -0.3 is 15.3 Å². The van der Waals surface area contributed by atoms with Crippen molar-refractivity contribution in [2.24, 2.45) is 5.92 Å². The molecule has 1 aromatic carbocycles. The number of aromatic amines is 2. The van der Waals surface area contributed by atoms with Crippen molar-refractivity contribution < 1.29 is 0 Å². The standard InChI is InChI=1S/C18H17N5OS/c1-9-2-4-11-14(6-9)25-17-15(11)16(19-8-20-17)21-10-3-5-12-13(7-10)23-18(24)22-12/h3,5,7-9H,2,4,6H2,1H3,(H,19,20,21)(H2,22,23,24)/t9-/m0/s1. The third kappa shape index (κ3) is 2.42. The molecule has 3 aromatic heterocycles. The molecule has 0 saturated carbocycles. The zero-order valence-electron chi connectivity index (χ0n) is 13.7. The first-order valence-corrected chi connectivity index (χ1v) is 9.23. The molecule has 25 heavy (non-hydrogen) atoms. The molecule has 3 N–H and O–H groups in total. The van der Waals surface area contributed by atoms with Crippen molar-refractivity contribution >= 4 is 44.1 Å². The van der Waals surface area contributed by atoms with Crippen LogP contribution in [0.4, 0.5) is 11.5 Å². The summed E-state index contributed by atoms with van der Waals surface area (Å²) in [6.45, 7) is 2.31. The number of H-pyrrole nitrogens is 2. The number of hydrogen-bond donors (Lipinski definition) is 3. The first-order chi connectivity index (χ1) is 12.2. The fourth-order valence-electron chi connectivity index (χ4n) is 3.62. The van der Waals surface area contributed by atoms with E-state index in [4.69, 9.17) is 0 Å². The lowest BCUT2D eigenvalue weighted by Crippen LogP contribution is -2.09. The van der Waals surface area contributed by atoms with Gasteiger partial charge >= 0.3 is 5.69 Å². The molecule has 3 heterocycles. The number of anilines is 2. The van der Waals surface area contributed by atoms with Crippen molar-refractivity contribution in [2.45, 2.75) is 26.2 Å². The maximum atomic E-state index is 11.4. The predicted molar refractivity (Wildman–Crippen MR) is 101 cm³/mol. The molecule has 126 valence electrons. The van der Waals surface area contributed by atoms with E-state index in [2.05, 4.69) is 32.2 Å². The van der Waals surface area contributed by atoms with Gasteiger partial charge in [0.2, 0.25) is 0 Å². The smallest absolute Gasteiger partial charge is 0.323 e. The Bertz CT molecular complexity index is 1160. The number of fused-ring (bicyclic) bond motifs is 4. The monoisotopic (exact) mass is 351 g/mol. The topological polar surface area (TPSA) is 86.5 Å². The van der Waals surface area contributed by atoms with Crippen LogP contribution in [0.5, 0.6) is 0 Å². The molecule has 0 unspecified atom stereocenters. The van der Waals surface area contributed by atoms with Crippen LogP contribution >= 0.6 is 11.3 Å². The lowest BCUT2D eigenvalue weighted by molar-refractivity contribution is 0.509. The summed E-state index contributed by atoms with van der Waals surface area (Å²) in [5.74, 6) is 1.58. The van der Waals surface area contributed by atoms with Crippen LogP contribution in [0, 0.1) is 5.92 Å². The zero-order chi connectivity index (χ0) is 17.0. The average molecular weight is 351 g/mol. The number of aromatic nitrogens is 4. The second-order valence-corrected chi connectivity index (χ2v) is 7.80. The molecular formula is C18H17N5OS. The van der Waals surface area contributed by atoms with Gasteiger partial charge in [-0.2, -0.15) is 0 Å². The number of nitrogens with one attached hydrogen (secondary N) is 3. The van der Waals surface area contributed by atoms with Gasteiger partial charge in [0.05, 0.1) is 16.4 Å². The minimum absolute atomic E-state index is 0.197. The Morgan fingerprint density at radius 2 is 2.12 bits per heavy atom. The molecule has 6 nitrogen and oxygen atoms in total. The highest BCUT2D eigenvalue weighted by atomic mass is 32.1. The summed E-state index contributed by atoms with van der Waals surface area (Å²) in [5.41, 5.74) is 3.67. The highest BCUT2D eigenvalue weighted by Gasteiger charge is 2.23. The number of aryl methyl sites for hydroxylation is 1. The highest BCUT2D eigenvalue weighted by Crippen LogP contribution is 2.40. The summed E-state index contributed by atoms with van der Waals surface area (Å²) in [6, 6.07) is 5.75. The number of hydrogen-bond acceptors (Lipinski definition) is 5. The number of nitrogens with zero attached hydrogens (tertiary/aromatic N) is 2. The van der Waals surface area contributed by atoms with Gasteiger partial charge in [0.25, 0.3) is 0 Å². The summed E-state index contributed by atoms with van der Waals surface area (Å²) in [4.78, 5) is 28.5.